The summed E-state index contributed by atoms with van der Waals surface area (Å²) in [5.74, 6) is 0.847. The normalized spacial score (nSPS) is 48.6. The minimum Gasteiger partial charge on any atom is -0.508 e. The summed E-state index contributed by atoms with van der Waals surface area (Å²) in [6.07, 6.45) is 2.90. The van der Waals surface area contributed by atoms with Crippen molar-refractivity contribution in [3.63, 3.8) is 0 Å². The van der Waals surface area contributed by atoms with E-state index in [0.29, 0.717) is 25.2 Å². The number of aliphatic hydroxyl groups is 2. The molecule has 0 aromatic heterocycles. The van der Waals surface area contributed by atoms with Crippen molar-refractivity contribution in [3.8, 4) is 11.5 Å². The molecule has 0 aliphatic heterocycles. The first kappa shape index (κ1) is 17.2. The molecule has 1 aromatic rings. The third kappa shape index (κ3) is 1.62. The summed E-state index contributed by atoms with van der Waals surface area (Å²) in [6.45, 7) is 8.34. The lowest BCUT2D eigenvalue weighted by Gasteiger charge is -2.69. The topological polar surface area (TPSA) is 80.9 Å². The highest BCUT2D eigenvalue weighted by molar-refractivity contribution is 5.59. The molecule has 6 atom stereocenters. The molecule has 0 unspecified atom stereocenters. The van der Waals surface area contributed by atoms with E-state index in [-0.39, 0.29) is 16.9 Å². The van der Waals surface area contributed by atoms with Crippen LogP contribution in [-0.2, 0) is 11.8 Å². The number of phenolic OH excluding ortho intramolecular Hbond substituents is 2. The van der Waals surface area contributed by atoms with Gasteiger partial charge in [0.1, 0.15) is 11.5 Å². The molecular weight excluding hydrogens is 316 g/mol. The maximum Gasteiger partial charge on any atom is 0.119 e. The summed E-state index contributed by atoms with van der Waals surface area (Å²) in [6, 6.07) is 3.15. The Balaban J connectivity index is 2.10. The molecule has 2 saturated carbocycles. The molecule has 138 valence electrons. The summed E-state index contributed by atoms with van der Waals surface area (Å²) in [4.78, 5) is 0. The second-order valence-corrected chi connectivity index (χ2v) is 9.43. The highest BCUT2D eigenvalue weighted by Gasteiger charge is 2.74. The van der Waals surface area contributed by atoms with Gasteiger partial charge in [-0.2, -0.15) is 0 Å². The Kier molecular flexibility index (Phi) is 3.24. The minimum atomic E-state index is -1.24. The van der Waals surface area contributed by atoms with Gasteiger partial charge in [0.05, 0.1) is 11.7 Å². The van der Waals surface area contributed by atoms with E-state index >= 15 is 0 Å². The standard InChI is InChI=1S/C21H30O4/c1-12-7-9-19(3)20(4,25)16(24)8-10-21(19)17-13(11-18(12,21)2)14(22)5-6-15(17)23/h5-6,12,16,22-25H,7-11H2,1-4H3/t12-,16+,18+,19+,20+,21+/m1/s1. The third-order valence-electron chi connectivity index (χ3n) is 8.88. The number of phenols is 2. The van der Waals surface area contributed by atoms with E-state index in [0.717, 1.165) is 24.0 Å². The second kappa shape index (κ2) is 4.72. The Bertz CT molecular complexity index is 742. The van der Waals surface area contributed by atoms with Crippen LogP contribution in [0.4, 0.5) is 0 Å². The number of hydrogen-bond acceptors (Lipinski definition) is 4. The maximum absolute atomic E-state index is 11.4. The second-order valence-electron chi connectivity index (χ2n) is 9.43. The first-order valence-corrected chi connectivity index (χ1v) is 9.48. The highest BCUT2D eigenvalue weighted by Crippen LogP contribution is 2.75. The van der Waals surface area contributed by atoms with E-state index in [4.69, 9.17) is 0 Å². The molecule has 1 spiro atoms. The fourth-order valence-corrected chi connectivity index (χ4v) is 6.99. The SMILES string of the molecule is C[C@@H]1CC[C@]2(C)[C@@]3(CC[C@H](O)[C@]2(C)O)c2c(O)ccc(O)c2C[C@@]13C. The summed E-state index contributed by atoms with van der Waals surface area (Å²) in [7, 11) is 0. The molecular formula is C21H30O4. The van der Waals surface area contributed by atoms with E-state index in [1.54, 1.807) is 19.1 Å². The van der Waals surface area contributed by atoms with Crippen LogP contribution in [0.15, 0.2) is 12.1 Å². The van der Waals surface area contributed by atoms with Crippen molar-refractivity contribution < 1.29 is 20.4 Å². The van der Waals surface area contributed by atoms with Gasteiger partial charge in [-0.1, -0.05) is 20.8 Å². The molecule has 4 nitrogen and oxygen atoms in total. The molecule has 1 aromatic carbocycles. The summed E-state index contributed by atoms with van der Waals surface area (Å²) < 4.78 is 0. The molecule has 0 heterocycles. The van der Waals surface area contributed by atoms with E-state index in [1.165, 1.54) is 0 Å². The molecule has 2 fully saturated rings. The number of hydrogen-bond donors (Lipinski definition) is 4. The van der Waals surface area contributed by atoms with Gasteiger partial charge in [0.15, 0.2) is 0 Å². The van der Waals surface area contributed by atoms with E-state index < -0.39 is 22.5 Å². The lowest BCUT2D eigenvalue weighted by molar-refractivity contribution is -0.245. The Morgan fingerprint density at radius 1 is 1.00 bits per heavy atom. The van der Waals surface area contributed by atoms with Crippen molar-refractivity contribution in [2.75, 3.05) is 0 Å². The maximum atomic E-state index is 11.4. The highest BCUT2D eigenvalue weighted by atomic mass is 16.3. The molecule has 3 aliphatic rings. The lowest BCUT2D eigenvalue weighted by Crippen LogP contribution is -2.71. The molecule has 0 radical (unpaired) electrons. The molecule has 4 N–H and O–H groups in total. The number of aromatic hydroxyl groups is 2. The van der Waals surface area contributed by atoms with Crippen molar-refractivity contribution in [2.24, 2.45) is 16.7 Å². The summed E-state index contributed by atoms with van der Waals surface area (Å²) in [5.41, 5.74) is -0.811. The van der Waals surface area contributed by atoms with E-state index in [9.17, 15) is 20.4 Å². The van der Waals surface area contributed by atoms with E-state index in [2.05, 4.69) is 20.8 Å². The average Bonchev–Trinajstić information content (AvgIpc) is 2.84. The van der Waals surface area contributed by atoms with Gasteiger partial charge in [-0.15, -0.1) is 0 Å². The van der Waals surface area contributed by atoms with Crippen LogP contribution in [0.25, 0.3) is 0 Å². The molecule has 4 rings (SSSR count). The van der Waals surface area contributed by atoms with Gasteiger partial charge in [-0.25, -0.2) is 0 Å². The first-order chi connectivity index (χ1) is 11.5. The van der Waals surface area contributed by atoms with Crippen LogP contribution in [0.1, 0.15) is 64.5 Å². The van der Waals surface area contributed by atoms with Gasteiger partial charge < -0.3 is 20.4 Å². The Labute approximate surface area is 149 Å². The van der Waals surface area contributed by atoms with Crippen LogP contribution in [0, 0.1) is 16.7 Å². The smallest absolute Gasteiger partial charge is 0.119 e. The minimum absolute atomic E-state index is 0.178. The first-order valence-electron chi connectivity index (χ1n) is 9.48. The third-order valence-corrected chi connectivity index (χ3v) is 8.88. The van der Waals surface area contributed by atoms with Crippen LogP contribution < -0.4 is 0 Å². The van der Waals surface area contributed by atoms with Gasteiger partial charge in [0.2, 0.25) is 0 Å². The van der Waals surface area contributed by atoms with Crippen molar-refractivity contribution in [3.05, 3.63) is 23.3 Å². The van der Waals surface area contributed by atoms with Gasteiger partial charge in [0, 0.05) is 22.0 Å². The van der Waals surface area contributed by atoms with E-state index in [1.807, 2.05) is 0 Å². The quantitative estimate of drug-likeness (QED) is 0.544. The fourth-order valence-electron chi connectivity index (χ4n) is 6.99. The van der Waals surface area contributed by atoms with Gasteiger partial charge >= 0.3 is 0 Å². The van der Waals surface area contributed by atoms with Crippen molar-refractivity contribution in [1.29, 1.82) is 0 Å². The number of fused-ring (bicyclic) bond motifs is 1. The van der Waals surface area contributed by atoms with Crippen LogP contribution >= 0.6 is 0 Å². The van der Waals surface area contributed by atoms with Crippen molar-refractivity contribution in [1.82, 2.24) is 0 Å². The van der Waals surface area contributed by atoms with Gasteiger partial charge in [0.25, 0.3) is 0 Å². The van der Waals surface area contributed by atoms with Crippen LogP contribution in [0.3, 0.4) is 0 Å². The number of benzene rings is 1. The molecule has 3 aliphatic carbocycles. The number of aliphatic hydroxyl groups excluding tert-OH is 1. The Morgan fingerprint density at radius 3 is 2.32 bits per heavy atom. The zero-order chi connectivity index (χ0) is 18.4. The fraction of sp³-hybridized carbons (Fsp3) is 0.714. The average molecular weight is 346 g/mol. The predicted octanol–water partition coefficient (Wildman–Crippen LogP) is 3.24. The van der Waals surface area contributed by atoms with Crippen LogP contribution in [0.2, 0.25) is 0 Å². The zero-order valence-corrected chi connectivity index (χ0v) is 15.6. The van der Waals surface area contributed by atoms with Crippen molar-refractivity contribution >= 4 is 0 Å². The predicted molar refractivity (Wildman–Crippen MR) is 95.6 cm³/mol. The molecule has 25 heavy (non-hydrogen) atoms. The molecule has 0 amide bonds. The molecule has 0 saturated heterocycles. The van der Waals surface area contributed by atoms with Gasteiger partial charge in [-0.3, -0.25) is 0 Å². The lowest BCUT2D eigenvalue weighted by atomic mass is 9.36. The Hall–Kier alpha value is -1.26. The van der Waals surface area contributed by atoms with Gasteiger partial charge in [-0.05, 0) is 62.5 Å². The monoisotopic (exact) mass is 346 g/mol. The van der Waals surface area contributed by atoms with Crippen LogP contribution in [0.5, 0.6) is 11.5 Å². The zero-order valence-electron chi connectivity index (χ0n) is 15.6. The van der Waals surface area contributed by atoms with Crippen LogP contribution in [-0.4, -0.2) is 32.1 Å². The summed E-state index contributed by atoms with van der Waals surface area (Å²) >= 11 is 0. The molecule has 0 bridgehead atoms. The number of rotatable bonds is 0. The Morgan fingerprint density at radius 2 is 1.64 bits per heavy atom. The largest absolute Gasteiger partial charge is 0.508 e. The summed E-state index contributed by atoms with van der Waals surface area (Å²) in [5, 5.41) is 43.4. The molecule has 4 heteroatoms. The van der Waals surface area contributed by atoms with Crippen molar-refractivity contribution in [2.45, 2.75) is 76.9 Å².